The molecule has 1 rings (SSSR count). The molecule has 0 heterocycles. The number of aliphatic carboxylic acids is 1. The first-order valence-electron chi connectivity index (χ1n) is 7.23. The molecular formula is C16H24N2O3. The zero-order valence-corrected chi connectivity index (χ0v) is 12.9. The van der Waals surface area contributed by atoms with Crippen LogP contribution in [0.1, 0.15) is 37.8 Å². The fourth-order valence-electron chi connectivity index (χ4n) is 2.22. The molecule has 21 heavy (non-hydrogen) atoms. The predicted molar refractivity (Wildman–Crippen MR) is 82.4 cm³/mol. The molecule has 0 saturated heterocycles. The summed E-state index contributed by atoms with van der Waals surface area (Å²) < 4.78 is 0. The van der Waals surface area contributed by atoms with Crippen molar-refractivity contribution in [2.45, 2.75) is 45.6 Å². The number of urea groups is 1. The van der Waals surface area contributed by atoms with E-state index in [4.69, 9.17) is 0 Å². The summed E-state index contributed by atoms with van der Waals surface area (Å²) in [5, 5.41) is 14.5. The van der Waals surface area contributed by atoms with Crippen LogP contribution in [0.2, 0.25) is 0 Å². The van der Waals surface area contributed by atoms with Gasteiger partial charge >= 0.3 is 12.0 Å². The first kappa shape index (κ1) is 17.0. The predicted octanol–water partition coefficient (Wildman–Crippen LogP) is 2.48. The van der Waals surface area contributed by atoms with Crippen LogP contribution in [0.5, 0.6) is 0 Å². The van der Waals surface area contributed by atoms with E-state index in [0.29, 0.717) is 19.4 Å². The van der Waals surface area contributed by atoms with Gasteiger partial charge in [-0.15, -0.1) is 0 Å². The van der Waals surface area contributed by atoms with Gasteiger partial charge in [0.2, 0.25) is 0 Å². The number of rotatable bonds is 7. The van der Waals surface area contributed by atoms with Crippen molar-refractivity contribution in [1.29, 1.82) is 0 Å². The number of carboxylic acid groups (broad SMARTS) is 1. The fourth-order valence-corrected chi connectivity index (χ4v) is 2.22. The summed E-state index contributed by atoms with van der Waals surface area (Å²) in [5.74, 6) is -1.02. The number of aryl methyl sites for hydroxylation is 1. The lowest BCUT2D eigenvalue weighted by Crippen LogP contribution is -2.55. The van der Waals surface area contributed by atoms with Gasteiger partial charge in [0.1, 0.15) is 5.54 Å². The van der Waals surface area contributed by atoms with E-state index in [1.807, 2.05) is 38.1 Å². The third kappa shape index (κ3) is 5.10. The summed E-state index contributed by atoms with van der Waals surface area (Å²) in [6, 6.07) is 7.54. The highest BCUT2D eigenvalue weighted by Crippen LogP contribution is 2.12. The van der Waals surface area contributed by atoms with Crippen molar-refractivity contribution >= 4 is 12.0 Å². The Hall–Kier alpha value is -2.04. The lowest BCUT2D eigenvalue weighted by molar-refractivity contribution is -0.144. The van der Waals surface area contributed by atoms with Crippen LogP contribution in [-0.4, -0.2) is 29.2 Å². The monoisotopic (exact) mass is 292 g/mol. The lowest BCUT2D eigenvalue weighted by Gasteiger charge is -2.25. The summed E-state index contributed by atoms with van der Waals surface area (Å²) in [6.07, 6.45) is 1.80. The fraction of sp³-hybridized carbons (Fsp3) is 0.500. The summed E-state index contributed by atoms with van der Waals surface area (Å²) >= 11 is 0. The van der Waals surface area contributed by atoms with Crippen molar-refractivity contribution in [1.82, 2.24) is 10.6 Å². The van der Waals surface area contributed by atoms with Gasteiger partial charge in [-0.1, -0.05) is 37.6 Å². The van der Waals surface area contributed by atoms with Crippen molar-refractivity contribution in [3.05, 3.63) is 35.4 Å². The maximum Gasteiger partial charge on any atom is 0.329 e. The van der Waals surface area contributed by atoms with Crippen LogP contribution in [0.25, 0.3) is 0 Å². The first-order valence-corrected chi connectivity index (χ1v) is 7.23. The van der Waals surface area contributed by atoms with Gasteiger partial charge < -0.3 is 15.7 Å². The van der Waals surface area contributed by atoms with E-state index in [9.17, 15) is 14.7 Å². The Morgan fingerprint density at radius 3 is 2.52 bits per heavy atom. The highest BCUT2D eigenvalue weighted by molar-refractivity contribution is 5.85. The Labute approximate surface area is 125 Å². The lowest BCUT2D eigenvalue weighted by atomic mass is 9.97. The number of hydrogen-bond acceptors (Lipinski definition) is 2. The van der Waals surface area contributed by atoms with E-state index < -0.39 is 17.5 Å². The summed E-state index contributed by atoms with van der Waals surface area (Å²) in [7, 11) is 0. The number of carbonyl (C=O) groups is 2. The quantitative estimate of drug-likeness (QED) is 0.722. The largest absolute Gasteiger partial charge is 0.480 e. The third-order valence-corrected chi connectivity index (χ3v) is 3.55. The Kier molecular flexibility index (Phi) is 6.21. The number of benzene rings is 1. The molecule has 116 valence electrons. The highest BCUT2D eigenvalue weighted by atomic mass is 16.4. The van der Waals surface area contributed by atoms with Gasteiger partial charge in [-0.05, 0) is 37.8 Å². The molecule has 0 fully saturated rings. The molecule has 1 aromatic carbocycles. The summed E-state index contributed by atoms with van der Waals surface area (Å²) in [5.41, 5.74) is 1.13. The normalized spacial score (nSPS) is 13.3. The minimum absolute atomic E-state index is 0.396. The standard InChI is InChI=1S/C16H24N2O3/c1-4-10-16(3,14(19)20)18-15(21)17-11-9-13-8-6-5-7-12(13)2/h5-8H,4,9-11H2,1-3H3,(H,19,20)(H2,17,18,21). The molecule has 3 N–H and O–H groups in total. The first-order chi connectivity index (χ1) is 9.89. The average Bonchev–Trinajstić information content (AvgIpc) is 2.41. The van der Waals surface area contributed by atoms with Gasteiger partial charge in [0, 0.05) is 6.54 Å². The van der Waals surface area contributed by atoms with Gasteiger partial charge in [-0.25, -0.2) is 9.59 Å². The van der Waals surface area contributed by atoms with Crippen molar-refractivity contribution < 1.29 is 14.7 Å². The number of amides is 2. The van der Waals surface area contributed by atoms with Crippen LogP contribution in [0.4, 0.5) is 4.79 Å². The van der Waals surface area contributed by atoms with Crippen molar-refractivity contribution in [2.75, 3.05) is 6.54 Å². The van der Waals surface area contributed by atoms with Gasteiger partial charge in [0.05, 0.1) is 0 Å². The number of hydrogen-bond donors (Lipinski definition) is 3. The minimum atomic E-state index is -1.22. The van der Waals surface area contributed by atoms with Gasteiger partial charge in [-0.2, -0.15) is 0 Å². The van der Waals surface area contributed by atoms with Crippen molar-refractivity contribution in [3.63, 3.8) is 0 Å². The van der Waals surface area contributed by atoms with Crippen LogP contribution in [0.15, 0.2) is 24.3 Å². The van der Waals surface area contributed by atoms with Crippen LogP contribution < -0.4 is 10.6 Å². The molecule has 5 nitrogen and oxygen atoms in total. The van der Waals surface area contributed by atoms with Crippen LogP contribution in [-0.2, 0) is 11.2 Å². The van der Waals surface area contributed by atoms with Crippen molar-refractivity contribution in [2.24, 2.45) is 0 Å². The second-order valence-corrected chi connectivity index (χ2v) is 5.44. The molecule has 0 aromatic heterocycles. The van der Waals surface area contributed by atoms with Crippen LogP contribution in [0, 0.1) is 6.92 Å². The smallest absolute Gasteiger partial charge is 0.329 e. The zero-order chi connectivity index (χ0) is 15.9. The Morgan fingerprint density at radius 1 is 1.29 bits per heavy atom. The second-order valence-electron chi connectivity index (χ2n) is 5.44. The van der Waals surface area contributed by atoms with Crippen LogP contribution in [0.3, 0.4) is 0 Å². The van der Waals surface area contributed by atoms with E-state index in [-0.39, 0.29) is 0 Å². The number of nitrogens with one attached hydrogen (secondary N) is 2. The van der Waals surface area contributed by atoms with Gasteiger partial charge in [0.15, 0.2) is 0 Å². The van der Waals surface area contributed by atoms with Crippen LogP contribution >= 0.6 is 0 Å². The zero-order valence-electron chi connectivity index (χ0n) is 12.9. The molecule has 0 spiro atoms. The minimum Gasteiger partial charge on any atom is -0.480 e. The topological polar surface area (TPSA) is 78.4 Å². The molecule has 0 aliphatic heterocycles. The van der Waals surface area contributed by atoms with E-state index in [1.54, 1.807) is 0 Å². The Bertz CT molecular complexity index is 502. The van der Waals surface area contributed by atoms with E-state index in [1.165, 1.54) is 18.1 Å². The molecule has 2 amide bonds. The molecule has 0 aliphatic carbocycles. The molecule has 0 aliphatic rings. The Balaban J connectivity index is 2.47. The SMILES string of the molecule is CCCC(C)(NC(=O)NCCc1ccccc1C)C(=O)O. The van der Waals surface area contributed by atoms with Crippen molar-refractivity contribution in [3.8, 4) is 0 Å². The van der Waals surface area contributed by atoms with Gasteiger partial charge in [0.25, 0.3) is 0 Å². The Morgan fingerprint density at radius 2 is 1.95 bits per heavy atom. The van der Waals surface area contributed by atoms with Gasteiger partial charge in [-0.3, -0.25) is 0 Å². The molecule has 5 heteroatoms. The van der Waals surface area contributed by atoms with E-state index >= 15 is 0 Å². The summed E-state index contributed by atoms with van der Waals surface area (Å²) in [4.78, 5) is 23.1. The molecular weight excluding hydrogens is 268 g/mol. The molecule has 1 aromatic rings. The maximum atomic E-state index is 11.8. The summed E-state index contributed by atoms with van der Waals surface area (Å²) in [6.45, 7) is 5.91. The highest BCUT2D eigenvalue weighted by Gasteiger charge is 2.33. The third-order valence-electron chi connectivity index (χ3n) is 3.55. The number of carbonyl (C=O) groups excluding carboxylic acids is 1. The number of carboxylic acids is 1. The molecule has 1 unspecified atom stereocenters. The molecule has 1 atom stereocenters. The maximum absolute atomic E-state index is 11.8. The second kappa shape index (κ2) is 7.67. The molecule has 0 radical (unpaired) electrons. The molecule has 0 saturated carbocycles. The molecule has 0 bridgehead atoms. The van der Waals surface area contributed by atoms with E-state index in [0.717, 1.165) is 6.42 Å². The average molecular weight is 292 g/mol. The van der Waals surface area contributed by atoms with E-state index in [2.05, 4.69) is 10.6 Å².